The van der Waals surface area contributed by atoms with Crippen molar-refractivity contribution in [2.45, 2.75) is 25.3 Å². The van der Waals surface area contributed by atoms with Gasteiger partial charge in [0.2, 0.25) is 5.91 Å². The van der Waals surface area contributed by atoms with E-state index in [4.69, 9.17) is 16.1 Å². The topological polar surface area (TPSA) is 116 Å². The molecule has 0 aromatic heterocycles. The number of nitrogens with two attached hydrogens (primary N) is 1. The van der Waals surface area contributed by atoms with E-state index in [1.165, 1.54) is 0 Å². The van der Waals surface area contributed by atoms with Gasteiger partial charge in [0.1, 0.15) is 0 Å². The second-order valence-corrected chi connectivity index (χ2v) is 2.76. The van der Waals surface area contributed by atoms with Crippen molar-refractivity contribution in [2.75, 3.05) is 6.54 Å². The van der Waals surface area contributed by atoms with Crippen LogP contribution in [0.2, 0.25) is 0 Å². The van der Waals surface area contributed by atoms with Crippen LogP contribution in [0.5, 0.6) is 0 Å². The standard InChI is InChI=1S/C8H13N3O3/c9-3-1-2-4-11-8(14)6(10)5-7(12)13/h6H,1-2,4-5,10H2,(H,11,14)(H,12,13). The van der Waals surface area contributed by atoms with Crippen LogP contribution in [-0.2, 0) is 9.59 Å². The molecule has 0 bridgehead atoms. The molecule has 14 heavy (non-hydrogen) atoms. The molecule has 0 fully saturated rings. The largest absolute Gasteiger partial charge is 0.481 e. The predicted octanol–water partition coefficient (Wildman–Crippen LogP) is -0.792. The number of nitrogens with zero attached hydrogens (tertiary/aromatic N) is 1. The first-order chi connectivity index (χ1) is 6.57. The van der Waals surface area contributed by atoms with E-state index < -0.39 is 17.9 Å². The molecule has 0 aliphatic heterocycles. The van der Waals surface area contributed by atoms with Gasteiger partial charge in [-0.05, 0) is 6.42 Å². The summed E-state index contributed by atoms with van der Waals surface area (Å²) in [6, 6.07) is 0.907. The van der Waals surface area contributed by atoms with Crippen LogP contribution in [0.3, 0.4) is 0 Å². The van der Waals surface area contributed by atoms with Crippen molar-refractivity contribution in [1.82, 2.24) is 5.32 Å². The van der Waals surface area contributed by atoms with Gasteiger partial charge in [-0.3, -0.25) is 9.59 Å². The van der Waals surface area contributed by atoms with Crippen molar-refractivity contribution in [3.63, 3.8) is 0 Å². The second kappa shape index (κ2) is 6.86. The lowest BCUT2D eigenvalue weighted by Crippen LogP contribution is -2.42. The maximum absolute atomic E-state index is 11.1. The van der Waals surface area contributed by atoms with Gasteiger partial charge in [-0.15, -0.1) is 0 Å². The number of amides is 1. The fraction of sp³-hybridized carbons (Fsp3) is 0.625. The van der Waals surface area contributed by atoms with Crippen LogP contribution in [0.4, 0.5) is 0 Å². The van der Waals surface area contributed by atoms with E-state index in [0.29, 0.717) is 19.4 Å². The molecule has 0 aromatic rings. The third-order valence-electron chi connectivity index (χ3n) is 1.50. The Kier molecular flexibility index (Phi) is 6.07. The zero-order chi connectivity index (χ0) is 11.0. The van der Waals surface area contributed by atoms with Gasteiger partial charge in [0.15, 0.2) is 0 Å². The van der Waals surface area contributed by atoms with E-state index in [1.54, 1.807) is 0 Å². The summed E-state index contributed by atoms with van der Waals surface area (Å²) in [5, 5.41) is 19.0. The molecule has 0 saturated carbocycles. The summed E-state index contributed by atoms with van der Waals surface area (Å²) < 4.78 is 0. The highest BCUT2D eigenvalue weighted by molar-refractivity contribution is 5.85. The Labute approximate surface area is 81.7 Å². The maximum Gasteiger partial charge on any atom is 0.305 e. The van der Waals surface area contributed by atoms with Gasteiger partial charge in [0.25, 0.3) is 0 Å². The number of carboxylic acids is 1. The lowest BCUT2D eigenvalue weighted by Gasteiger charge is -2.08. The van der Waals surface area contributed by atoms with Crippen molar-refractivity contribution < 1.29 is 14.7 Å². The van der Waals surface area contributed by atoms with Crippen molar-refractivity contribution in [3.05, 3.63) is 0 Å². The number of hydrogen-bond donors (Lipinski definition) is 3. The Morgan fingerprint density at radius 1 is 1.57 bits per heavy atom. The van der Waals surface area contributed by atoms with Crippen molar-refractivity contribution >= 4 is 11.9 Å². The first kappa shape index (κ1) is 12.4. The molecule has 0 rings (SSSR count). The number of aliphatic carboxylic acids is 1. The lowest BCUT2D eigenvalue weighted by atomic mass is 10.2. The van der Waals surface area contributed by atoms with E-state index in [1.807, 2.05) is 6.07 Å². The molecule has 0 saturated heterocycles. The van der Waals surface area contributed by atoms with Crippen LogP contribution < -0.4 is 11.1 Å². The second-order valence-electron chi connectivity index (χ2n) is 2.76. The van der Waals surface area contributed by atoms with E-state index in [-0.39, 0.29) is 6.42 Å². The molecule has 0 aliphatic carbocycles. The summed E-state index contributed by atoms with van der Waals surface area (Å²) in [5.74, 6) is -1.60. The molecule has 0 aromatic carbocycles. The molecule has 1 unspecified atom stereocenters. The Balaban J connectivity index is 3.63. The highest BCUT2D eigenvalue weighted by Gasteiger charge is 2.15. The number of unbranched alkanes of at least 4 members (excludes halogenated alkanes) is 1. The summed E-state index contributed by atoms with van der Waals surface area (Å²) >= 11 is 0. The Hall–Kier alpha value is -1.61. The normalized spacial score (nSPS) is 11.4. The van der Waals surface area contributed by atoms with Crippen LogP contribution >= 0.6 is 0 Å². The maximum atomic E-state index is 11.1. The van der Waals surface area contributed by atoms with E-state index in [2.05, 4.69) is 5.32 Å². The molecule has 1 amide bonds. The molecule has 0 aliphatic rings. The molecule has 4 N–H and O–H groups in total. The molecule has 78 valence electrons. The first-order valence-corrected chi connectivity index (χ1v) is 4.20. The number of nitrogens with one attached hydrogen (secondary N) is 1. The first-order valence-electron chi connectivity index (χ1n) is 4.20. The molecule has 1 atom stereocenters. The van der Waals surface area contributed by atoms with Gasteiger partial charge >= 0.3 is 5.97 Å². The van der Waals surface area contributed by atoms with Gasteiger partial charge < -0.3 is 16.2 Å². The third kappa shape index (κ3) is 5.97. The zero-order valence-corrected chi connectivity index (χ0v) is 7.69. The van der Waals surface area contributed by atoms with Crippen LogP contribution in [-0.4, -0.2) is 29.6 Å². The van der Waals surface area contributed by atoms with Gasteiger partial charge in [-0.25, -0.2) is 0 Å². The zero-order valence-electron chi connectivity index (χ0n) is 7.69. The van der Waals surface area contributed by atoms with Gasteiger partial charge in [-0.2, -0.15) is 5.26 Å². The molecule has 6 heteroatoms. The minimum Gasteiger partial charge on any atom is -0.481 e. The smallest absolute Gasteiger partial charge is 0.305 e. The van der Waals surface area contributed by atoms with E-state index in [9.17, 15) is 9.59 Å². The fourth-order valence-corrected chi connectivity index (χ4v) is 0.791. The lowest BCUT2D eigenvalue weighted by molar-refractivity contribution is -0.139. The quantitative estimate of drug-likeness (QED) is 0.484. The number of carbonyl (C=O) groups excluding carboxylic acids is 1. The van der Waals surface area contributed by atoms with Crippen LogP contribution in [0.1, 0.15) is 19.3 Å². The van der Waals surface area contributed by atoms with Crippen molar-refractivity contribution in [1.29, 1.82) is 5.26 Å². The number of hydrogen-bond acceptors (Lipinski definition) is 4. The van der Waals surface area contributed by atoms with Gasteiger partial charge in [-0.1, -0.05) is 0 Å². The summed E-state index contributed by atoms with van der Waals surface area (Å²) in [5.41, 5.74) is 5.27. The van der Waals surface area contributed by atoms with Gasteiger partial charge in [0, 0.05) is 13.0 Å². The average Bonchev–Trinajstić information content (AvgIpc) is 2.11. The fourth-order valence-electron chi connectivity index (χ4n) is 0.791. The van der Waals surface area contributed by atoms with Crippen LogP contribution in [0.15, 0.2) is 0 Å². The summed E-state index contributed by atoms with van der Waals surface area (Å²) in [6.07, 6.45) is 0.514. The minimum atomic E-state index is -1.11. The van der Waals surface area contributed by atoms with Crippen molar-refractivity contribution in [3.8, 4) is 6.07 Å². The highest BCUT2D eigenvalue weighted by atomic mass is 16.4. The number of carboxylic acid groups (broad SMARTS) is 1. The predicted molar refractivity (Wildman–Crippen MR) is 48.1 cm³/mol. The number of carbonyl (C=O) groups is 2. The average molecular weight is 199 g/mol. The Morgan fingerprint density at radius 2 is 2.21 bits per heavy atom. The van der Waals surface area contributed by atoms with Crippen LogP contribution in [0, 0.1) is 11.3 Å². The van der Waals surface area contributed by atoms with E-state index in [0.717, 1.165) is 0 Å². The summed E-state index contributed by atoms with van der Waals surface area (Å²) in [7, 11) is 0. The summed E-state index contributed by atoms with van der Waals surface area (Å²) in [6.45, 7) is 0.347. The SMILES string of the molecule is N#CCCCNC(=O)C(N)CC(=O)O. The molecule has 0 radical (unpaired) electrons. The Morgan fingerprint density at radius 3 is 2.71 bits per heavy atom. The van der Waals surface area contributed by atoms with Gasteiger partial charge in [0.05, 0.1) is 18.5 Å². The van der Waals surface area contributed by atoms with E-state index >= 15 is 0 Å². The molecular weight excluding hydrogens is 186 g/mol. The minimum absolute atomic E-state index is 0.347. The molecule has 6 nitrogen and oxygen atoms in total. The number of nitriles is 1. The molecule has 0 spiro atoms. The summed E-state index contributed by atoms with van der Waals surface area (Å²) in [4.78, 5) is 21.2. The molecular formula is C8H13N3O3. The van der Waals surface area contributed by atoms with Crippen molar-refractivity contribution in [2.24, 2.45) is 5.73 Å². The molecule has 0 heterocycles. The highest BCUT2D eigenvalue weighted by Crippen LogP contribution is 1.89. The monoisotopic (exact) mass is 199 g/mol. The third-order valence-corrected chi connectivity index (χ3v) is 1.50. The Bertz CT molecular complexity index is 247. The van der Waals surface area contributed by atoms with Crippen LogP contribution in [0.25, 0.3) is 0 Å². The number of rotatable bonds is 6.